The molecule has 0 radical (unpaired) electrons. The lowest BCUT2D eigenvalue weighted by Gasteiger charge is -2.15. The number of carbonyl (C=O) groups is 1. The molecule has 2 aromatic heterocycles. The maximum atomic E-state index is 12.7. The van der Waals surface area contributed by atoms with E-state index in [-0.39, 0.29) is 11.9 Å². The molecule has 3 N–H and O–H groups in total. The number of aromatic nitrogens is 4. The van der Waals surface area contributed by atoms with E-state index in [1.165, 1.54) is 0 Å². The minimum Gasteiger partial charge on any atom is -0.384 e. The molecule has 8 nitrogen and oxygen atoms in total. The first-order valence-corrected chi connectivity index (χ1v) is 8.59. The number of methoxy groups -OCH3 is 1. The summed E-state index contributed by atoms with van der Waals surface area (Å²) in [5.41, 5.74) is 7.83. The van der Waals surface area contributed by atoms with Crippen LogP contribution >= 0.6 is 0 Å². The van der Waals surface area contributed by atoms with E-state index in [0.29, 0.717) is 30.4 Å². The summed E-state index contributed by atoms with van der Waals surface area (Å²) in [5.74, 6) is 0.912. The molecule has 0 fully saturated rings. The van der Waals surface area contributed by atoms with Crippen LogP contribution in [0.15, 0.2) is 48.8 Å². The number of nitrogens with zero attached hydrogens (tertiary/aromatic N) is 4. The second kappa shape index (κ2) is 8.41. The summed E-state index contributed by atoms with van der Waals surface area (Å²) < 4.78 is 6.95. The van der Waals surface area contributed by atoms with Gasteiger partial charge < -0.3 is 20.4 Å². The maximum absolute atomic E-state index is 12.7. The highest BCUT2D eigenvalue weighted by atomic mass is 16.5. The molecule has 0 saturated carbocycles. The zero-order valence-electron chi connectivity index (χ0n) is 15.3. The van der Waals surface area contributed by atoms with Gasteiger partial charge in [-0.1, -0.05) is 18.2 Å². The molecular weight excluding hydrogens is 344 g/mol. The molecule has 1 atom stereocenters. The van der Waals surface area contributed by atoms with Crippen molar-refractivity contribution in [2.45, 2.75) is 19.5 Å². The summed E-state index contributed by atoms with van der Waals surface area (Å²) in [5, 5.41) is 11.0. The molecule has 8 heteroatoms. The maximum Gasteiger partial charge on any atom is 0.251 e. The lowest BCUT2D eigenvalue weighted by molar-refractivity contribution is 0.0937. The summed E-state index contributed by atoms with van der Waals surface area (Å²) in [6.45, 7) is 3.03. The highest BCUT2D eigenvalue weighted by Crippen LogP contribution is 2.20. The van der Waals surface area contributed by atoms with Crippen molar-refractivity contribution in [2.24, 2.45) is 0 Å². The molecule has 1 aromatic carbocycles. The van der Waals surface area contributed by atoms with Crippen LogP contribution in [0.5, 0.6) is 0 Å². The molecule has 2 heterocycles. The molecule has 0 aliphatic rings. The van der Waals surface area contributed by atoms with Crippen molar-refractivity contribution in [3.05, 3.63) is 60.2 Å². The Labute approximate surface area is 157 Å². The molecule has 1 unspecified atom stereocenters. The minimum absolute atomic E-state index is 0.199. The number of pyridine rings is 1. The first-order chi connectivity index (χ1) is 13.1. The van der Waals surface area contributed by atoms with Crippen molar-refractivity contribution < 1.29 is 9.53 Å². The third kappa shape index (κ3) is 4.48. The van der Waals surface area contributed by atoms with E-state index in [1.54, 1.807) is 31.6 Å². The standard InChI is InChI=1S/C19H22N6O2/c1-13(18-24-21-12-25(18)9-10-27-2)22-19(26)15-6-3-5-14(11-15)16-7-4-8-17(20)23-16/h3-8,11-13H,9-10H2,1-2H3,(H2,20,23)(H,22,26). The van der Waals surface area contributed by atoms with E-state index in [9.17, 15) is 4.79 Å². The van der Waals surface area contributed by atoms with E-state index in [4.69, 9.17) is 10.5 Å². The summed E-state index contributed by atoms with van der Waals surface area (Å²) >= 11 is 0. The minimum atomic E-state index is -0.300. The number of nitrogens with one attached hydrogen (secondary N) is 1. The molecule has 3 aromatic rings. The molecule has 0 aliphatic carbocycles. The Bertz CT molecular complexity index is 924. The van der Waals surface area contributed by atoms with E-state index < -0.39 is 0 Å². The summed E-state index contributed by atoms with van der Waals surface area (Å²) in [6, 6.07) is 12.4. The summed E-state index contributed by atoms with van der Waals surface area (Å²) in [4.78, 5) is 17.0. The van der Waals surface area contributed by atoms with Gasteiger partial charge in [-0.3, -0.25) is 4.79 Å². The third-order valence-corrected chi connectivity index (χ3v) is 4.11. The molecule has 3 rings (SSSR count). The summed E-state index contributed by atoms with van der Waals surface area (Å²) in [6.07, 6.45) is 1.63. The van der Waals surface area contributed by atoms with Crippen LogP contribution in [-0.2, 0) is 11.3 Å². The number of hydrogen-bond acceptors (Lipinski definition) is 6. The van der Waals surface area contributed by atoms with Gasteiger partial charge in [-0.25, -0.2) is 4.98 Å². The second-order valence-electron chi connectivity index (χ2n) is 6.10. The van der Waals surface area contributed by atoms with Gasteiger partial charge in [-0.15, -0.1) is 10.2 Å². The fraction of sp³-hybridized carbons (Fsp3) is 0.263. The number of ether oxygens (including phenoxy) is 1. The van der Waals surface area contributed by atoms with Crippen LogP contribution in [0, 0.1) is 0 Å². The first kappa shape index (κ1) is 18.5. The van der Waals surface area contributed by atoms with E-state index in [0.717, 1.165) is 11.3 Å². The van der Waals surface area contributed by atoms with Gasteiger partial charge in [-0.2, -0.15) is 0 Å². The van der Waals surface area contributed by atoms with Gasteiger partial charge in [-0.05, 0) is 31.2 Å². The van der Waals surface area contributed by atoms with Gasteiger partial charge in [0.15, 0.2) is 5.82 Å². The van der Waals surface area contributed by atoms with Crippen molar-refractivity contribution in [1.82, 2.24) is 25.1 Å². The molecule has 0 aliphatic heterocycles. The second-order valence-corrected chi connectivity index (χ2v) is 6.10. The monoisotopic (exact) mass is 366 g/mol. The smallest absolute Gasteiger partial charge is 0.251 e. The van der Waals surface area contributed by atoms with Crippen LogP contribution < -0.4 is 11.1 Å². The van der Waals surface area contributed by atoms with Gasteiger partial charge in [0.05, 0.1) is 18.3 Å². The van der Waals surface area contributed by atoms with Crippen molar-refractivity contribution in [3.8, 4) is 11.3 Å². The number of nitrogens with two attached hydrogens (primary N) is 1. The lowest BCUT2D eigenvalue weighted by atomic mass is 10.1. The van der Waals surface area contributed by atoms with Crippen LogP contribution in [0.25, 0.3) is 11.3 Å². The number of nitrogen functional groups attached to an aromatic ring is 1. The Hall–Kier alpha value is -3.26. The Kier molecular flexibility index (Phi) is 5.77. The van der Waals surface area contributed by atoms with Gasteiger partial charge >= 0.3 is 0 Å². The Morgan fingerprint density at radius 3 is 2.89 bits per heavy atom. The largest absolute Gasteiger partial charge is 0.384 e. The van der Waals surface area contributed by atoms with Crippen LogP contribution in [0.1, 0.15) is 29.1 Å². The zero-order chi connectivity index (χ0) is 19.2. The number of amides is 1. The normalized spacial score (nSPS) is 11.9. The molecule has 140 valence electrons. The Morgan fingerprint density at radius 2 is 2.11 bits per heavy atom. The van der Waals surface area contributed by atoms with E-state index in [2.05, 4.69) is 20.5 Å². The average molecular weight is 366 g/mol. The third-order valence-electron chi connectivity index (χ3n) is 4.11. The highest BCUT2D eigenvalue weighted by molar-refractivity contribution is 5.95. The van der Waals surface area contributed by atoms with Gasteiger partial charge in [0.1, 0.15) is 12.1 Å². The number of rotatable bonds is 7. The molecule has 0 saturated heterocycles. The van der Waals surface area contributed by atoms with E-state index in [1.807, 2.05) is 35.8 Å². The zero-order valence-corrected chi connectivity index (χ0v) is 15.3. The van der Waals surface area contributed by atoms with Crippen LogP contribution in [-0.4, -0.2) is 39.4 Å². The van der Waals surface area contributed by atoms with Crippen molar-refractivity contribution in [1.29, 1.82) is 0 Å². The summed E-state index contributed by atoms with van der Waals surface area (Å²) in [7, 11) is 1.64. The van der Waals surface area contributed by atoms with Crippen LogP contribution in [0.2, 0.25) is 0 Å². The first-order valence-electron chi connectivity index (χ1n) is 8.59. The molecule has 0 spiro atoms. The predicted octanol–water partition coefficient (Wildman–Crippen LogP) is 2.06. The lowest BCUT2D eigenvalue weighted by Crippen LogP contribution is -2.29. The Balaban J connectivity index is 1.75. The van der Waals surface area contributed by atoms with E-state index >= 15 is 0 Å². The van der Waals surface area contributed by atoms with Crippen molar-refractivity contribution in [3.63, 3.8) is 0 Å². The fourth-order valence-corrected chi connectivity index (χ4v) is 2.74. The van der Waals surface area contributed by atoms with Crippen LogP contribution in [0.4, 0.5) is 5.82 Å². The molecule has 0 bridgehead atoms. The quantitative estimate of drug-likeness (QED) is 0.663. The topological polar surface area (TPSA) is 108 Å². The van der Waals surface area contributed by atoms with Crippen LogP contribution in [0.3, 0.4) is 0 Å². The van der Waals surface area contributed by atoms with Gasteiger partial charge in [0.2, 0.25) is 0 Å². The number of hydrogen-bond donors (Lipinski definition) is 2. The van der Waals surface area contributed by atoms with Crippen molar-refractivity contribution >= 4 is 11.7 Å². The predicted molar refractivity (Wildman–Crippen MR) is 102 cm³/mol. The molecular formula is C19H22N6O2. The average Bonchev–Trinajstić information content (AvgIpc) is 3.15. The fourth-order valence-electron chi connectivity index (χ4n) is 2.74. The molecule has 1 amide bonds. The Morgan fingerprint density at radius 1 is 1.30 bits per heavy atom. The van der Waals surface area contributed by atoms with Crippen molar-refractivity contribution in [2.75, 3.05) is 19.5 Å². The van der Waals surface area contributed by atoms with Gasteiger partial charge in [0, 0.05) is 24.8 Å². The number of carbonyl (C=O) groups excluding carboxylic acids is 1. The SMILES string of the molecule is COCCn1cnnc1C(C)NC(=O)c1cccc(-c2cccc(N)n2)c1. The van der Waals surface area contributed by atoms with Gasteiger partial charge in [0.25, 0.3) is 5.91 Å². The highest BCUT2D eigenvalue weighted by Gasteiger charge is 2.17. The number of benzene rings is 1. The molecule has 27 heavy (non-hydrogen) atoms. The number of anilines is 1.